The van der Waals surface area contributed by atoms with Crippen molar-refractivity contribution in [2.24, 2.45) is 4.99 Å². The Kier molecular flexibility index (Phi) is 8.67. The number of esters is 1. The van der Waals surface area contributed by atoms with Crippen LogP contribution < -0.4 is 15.8 Å². The van der Waals surface area contributed by atoms with Gasteiger partial charge in [-0.3, -0.25) is 15.8 Å². The minimum Gasteiger partial charge on any atom is -0.460 e. The third-order valence-corrected chi connectivity index (χ3v) is 3.51. The second kappa shape index (κ2) is 10.2. The molecule has 10 heteroatoms. The van der Waals surface area contributed by atoms with Crippen molar-refractivity contribution in [3.8, 4) is 0 Å². The molecule has 0 amide bonds. The molecule has 0 aromatic heterocycles. The standard InChI is InChI=1S/C16H22ClF3N4O2/c1-4-26-15(25)14(21-8-5-9-24(2)3)23-22-13-10-11(16(18,19)20)6-7-12(13)17/h6-7,10,22H,4-5,8-9H2,1-3H3,(H,21,23)/p+1. The molecular weight excluding hydrogens is 373 g/mol. The maximum Gasteiger partial charge on any atom is 0.416 e. The van der Waals surface area contributed by atoms with E-state index in [1.807, 2.05) is 14.1 Å². The van der Waals surface area contributed by atoms with Gasteiger partial charge in [-0.2, -0.15) is 13.2 Å². The Bertz CT molecular complexity index is 636. The van der Waals surface area contributed by atoms with Gasteiger partial charge in [-0.15, -0.1) is 0 Å². The van der Waals surface area contributed by atoms with Crippen LogP contribution in [-0.2, 0) is 15.7 Å². The lowest BCUT2D eigenvalue weighted by atomic mass is 10.2. The number of rotatable bonds is 7. The van der Waals surface area contributed by atoms with Gasteiger partial charge < -0.3 is 9.64 Å². The van der Waals surface area contributed by atoms with Gasteiger partial charge in [0.15, 0.2) is 0 Å². The average Bonchev–Trinajstić information content (AvgIpc) is 2.54. The van der Waals surface area contributed by atoms with Gasteiger partial charge >= 0.3 is 12.1 Å². The number of anilines is 1. The van der Waals surface area contributed by atoms with E-state index in [0.717, 1.165) is 31.2 Å². The number of carbonyl (C=O) groups is 1. The second-order valence-corrected chi connectivity index (χ2v) is 6.11. The van der Waals surface area contributed by atoms with E-state index in [2.05, 4.69) is 15.8 Å². The minimum atomic E-state index is -4.51. The van der Waals surface area contributed by atoms with Crippen molar-refractivity contribution < 1.29 is 27.6 Å². The number of aliphatic imine (C=N–C) groups is 1. The molecule has 0 spiro atoms. The van der Waals surface area contributed by atoms with Gasteiger partial charge in [0.1, 0.15) is 0 Å². The highest BCUT2D eigenvalue weighted by Gasteiger charge is 2.31. The number of carbonyl (C=O) groups excluding carboxylic acids is 1. The van der Waals surface area contributed by atoms with Gasteiger partial charge in [0.25, 0.3) is 0 Å². The summed E-state index contributed by atoms with van der Waals surface area (Å²) in [4.78, 5) is 17.3. The molecule has 0 atom stereocenters. The zero-order valence-corrected chi connectivity index (χ0v) is 15.6. The number of alkyl halides is 3. The van der Waals surface area contributed by atoms with E-state index in [1.165, 1.54) is 4.90 Å². The van der Waals surface area contributed by atoms with Gasteiger partial charge in [0.2, 0.25) is 5.84 Å². The average molecular weight is 396 g/mol. The molecule has 0 aliphatic rings. The van der Waals surface area contributed by atoms with Crippen LogP contribution in [0.3, 0.4) is 0 Å². The van der Waals surface area contributed by atoms with E-state index in [-0.39, 0.29) is 23.2 Å². The second-order valence-electron chi connectivity index (χ2n) is 5.70. The maximum atomic E-state index is 12.8. The molecule has 26 heavy (non-hydrogen) atoms. The van der Waals surface area contributed by atoms with Gasteiger partial charge in [-0.25, -0.2) is 4.79 Å². The molecular formula is C16H23ClF3N4O2+. The number of hydrazine groups is 1. The predicted octanol–water partition coefficient (Wildman–Crippen LogP) is 1.77. The number of ether oxygens (including phenoxy) is 1. The van der Waals surface area contributed by atoms with Crippen molar-refractivity contribution >= 4 is 29.1 Å². The zero-order chi connectivity index (χ0) is 19.7. The third kappa shape index (κ3) is 7.49. The summed E-state index contributed by atoms with van der Waals surface area (Å²) in [6.45, 7) is 3.00. The number of quaternary nitrogens is 1. The highest BCUT2D eigenvalue weighted by Crippen LogP contribution is 2.33. The van der Waals surface area contributed by atoms with Crippen molar-refractivity contribution in [3.63, 3.8) is 0 Å². The summed E-state index contributed by atoms with van der Waals surface area (Å²) in [5, 5.41) is 0.0601. The van der Waals surface area contributed by atoms with E-state index in [0.29, 0.717) is 6.54 Å². The molecule has 1 rings (SSSR count). The molecule has 6 nitrogen and oxygen atoms in total. The first-order valence-electron chi connectivity index (χ1n) is 8.04. The molecule has 0 fully saturated rings. The van der Waals surface area contributed by atoms with E-state index in [1.54, 1.807) is 6.92 Å². The Hall–Kier alpha value is -2.00. The number of nitrogens with zero attached hydrogens (tertiary/aromatic N) is 1. The maximum absolute atomic E-state index is 12.8. The summed E-state index contributed by atoms with van der Waals surface area (Å²) in [6.07, 6.45) is -3.77. The first-order valence-corrected chi connectivity index (χ1v) is 8.42. The summed E-state index contributed by atoms with van der Waals surface area (Å²) in [6, 6.07) is 2.83. The summed E-state index contributed by atoms with van der Waals surface area (Å²) in [7, 11) is 3.98. The fourth-order valence-corrected chi connectivity index (χ4v) is 2.07. The highest BCUT2D eigenvalue weighted by molar-refractivity contribution is 6.36. The van der Waals surface area contributed by atoms with Crippen molar-refractivity contribution in [2.75, 3.05) is 39.2 Å². The van der Waals surface area contributed by atoms with Crippen LogP contribution in [0.1, 0.15) is 18.9 Å². The van der Waals surface area contributed by atoms with Gasteiger partial charge in [-0.05, 0) is 25.1 Å². The molecule has 1 aromatic carbocycles. The molecule has 0 heterocycles. The lowest BCUT2D eigenvalue weighted by Gasteiger charge is -2.15. The van der Waals surface area contributed by atoms with Crippen LogP contribution in [0.2, 0.25) is 5.02 Å². The van der Waals surface area contributed by atoms with Crippen molar-refractivity contribution in [1.82, 2.24) is 5.43 Å². The minimum absolute atomic E-state index is 0.0313. The number of halogens is 4. The summed E-state index contributed by atoms with van der Waals surface area (Å²) >= 11 is 5.90. The topological polar surface area (TPSA) is 67.2 Å². The van der Waals surface area contributed by atoms with E-state index < -0.39 is 17.7 Å². The van der Waals surface area contributed by atoms with Gasteiger partial charge in [0, 0.05) is 13.0 Å². The van der Waals surface area contributed by atoms with Crippen molar-refractivity contribution in [1.29, 1.82) is 0 Å². The Morgan fingerprint density at radius 1 is 1.35 bits per heavy atom. The zero-order valence-electron chi connectivity index (χ0n) is 14.8. The quantitative estimate of drug-likeness (QED) is 0.216. The fraction of sp³-hybridized carbons (Fsp3) is 0.500. The summed E-state index contributed by atoms with van der Waals surface area (Å²) < 4.78 is 43.3. The van der Waals surface area contributed by atoms with E-state index in [4.69, 9.17) is 16.3 Å². The lowest BCUT2D eigenvalue weighted by molar-refractivity contribution is -0.858. The molecule has 0 aliphatic carbocycles. The molecule has 146 valence electrons. The molecule has 0 unspecified atom stereocenters. The van der Waals surface area contributed by atoms with Crippen LogP contribution in [0.25, 0.3) is 0 Å². The summed E-state index contributed by atoms with van der Waals surface area (Å²) in [5.41, 5.74) is 4.09. The first kappa shape index (κ1) is 22.0. The van der Waals surface area contributed by atoms with Crippen LogP contribution in [0, 0.1) is 0 Å². The van der Waals surface area contributed by atoms with Gasteiger partial charge in [-0.1, -0.05) is 11.6 Å². The van der Waals surface area contributed by atoms with Crippen LogP contribution in [0.15, 0.2) is 23.2 Å². The van der Waals surface area contributed by atoms with Crippen LogP contribution in [0.5, 0.6) is 0 Å². The van der Waals surface area contributed by atoms with E-state index in [9.17, 15) is 18.0 Å². The number of hydrogen-bond acceptors (Lipinski definition) is 4. The predicted molar refractivity (Wildman–Crippen MR) is 94.4 cm³/mol. The van der Waals surface area contributed by atoms with Crippen molar-refractivity contribution in [2.45, 2.75) is 19.5 Å². The monoisotopic (exact) mass is 395 g/mol. The molecule has 0 aliphatic heterocycles. The Balaban J connectivity index is 2.85. The number of benzene rings is 1. The number of hydrogen-bond donors (Lipinski definition) is 3. The highest BCUT2D eigenvalue weighted by atomic mass is 35.5. The summed E-state index contributed by atoms with van der Waals surface area (Å²) in [5.74, 6) is -0.839. The molecule has 1 aromatic rings. The van der Waals surface area contributed by atoms with Crippen LogP contribution in [-0.4, -0.2) is 45.6 Å². The van der Waals surface area contributed by atoms with Crippen LogP contribution >= 0.6 is 11.6 Å². The smallest absolute Gasteiger partial charge is 0.416 e. The number of nitrogens with one attached hydrogen (secondary N) is 3. The normalized spacial score (nSPS) is 12.2. The Morgan fingerprint density at radius 2 is 2.04 bits per heavy atom. The first-order chi connectivity index (χ1) is 12.1. The molecule has 0 saturated carbocycles. The SMILES string of the molecule is CCOC(=O)C(=NCCC[NH+](C)C)NNc1cc(C(F)(F)F)ccc1Cl. The van der Waals surface area contributed by atoms with E-state index >= 15 is 0 Å². The molecule has 0 saturated heterocycles. The molecule has 0 radical (unpaired) electrons. The Morgan fingerprint density at radius 3 is 2.62 bits per heavy atom. The molecule has 0 bridgehead atoms. The largest absolute Gasteiger partial charge is 0.460 e. The Labute approximate surface area is 155 Å². The van der Waals surface area contributed by atoms with Crippen LogP contribution in [0.4, 0.5) is 18.9 Å². The van der Waals surface area contributed by atoms with Crippen molar-refractivity contribution in [3.05, 3.63) is 28.8 Å². The third-order valence-electron chi connectivity index (χ3n) is 3.18. The molecule has 3 N–H and O–H groups in total. The van der Waals surface area contributed by atoms with Gasteiger partial charge in [0.05, 0.1) is 43.5 Å². The lowest BCUT2D eigenvalue weighted by Crippen LogP contribution is -3.05. The number of amidine groups is 1. The fourth-order valence-electron chi connectivity index (χ4n) is 1.90.